The van der Waals surface area contributed by atoms with E-state index in [9.17, 15) is 14.9 Å². The Morgan fingerprint density at radius 3 is 2.36 bits per heavy atom. The molecule has 1 fully saturated rings. The summed E-state index contributed by atoms with van der Waals surface area (Å²) in [6, 6.07) is 6.58. The van der Waals surface area contributed by atoms with Crippen molar-refractivity contribution in [2.75, 3.05) is 27.2 Å². The van der Waals surface area contributed by atoms with E-state index in [1.807, 2.05) is 18.9 Å². The molecule has 0 aliphatic carbocycles. The molecule has 1 saturated heterocycles. The fourth-order valence-electron chi connectivity index (χ4n) is 3.22. The van der Waals surface area contributed by atoms with Crippen LogP contribution in [0.5, 0.6) is 0 Å². The first-order valence-corrected chi connectivity index (χ1v) is 9.54. The maximum Gasteiger partial charge on any atom is 0.269 e. The van der Waals surface area contributed by atoms with Gasteiger partial charge in [-0.05, 0) is 64.9 Å². The maximum absolute atomic E-state index is 12.8. The maximum atomic E-state index is 12.8. The van der Waals surface area contributed by atoms with Crippen LogP contribution in [0.25, 0.3) is 0 Å². The van der Waals surface area contributed by atoms with E-state index >= 15 is 0 Å². The Labute approximate surface area is 153 Å². The molecule has 0 unspecified atom stereocenters. The third-order valence-electron chi connectivity index (χ3n) is 5.11. The van der Waals surface area contributed by atoms with Crippen LogP contribution >= 0.6 is 11.8 Å². The number of nitro benzene ring substituents is 1. The van der Waals surface area contributed by atoms with Gasteiger partial charge in [-0.3, -0.25) is 14.9 Å². The summed E-state index contributed by atoms with van der Waals surface area (Å²) in [5.74, 6) is 0.650. The molecule has 0 spiro atoms. The zero-order valence-electron chi connectivity index (χ0n) is 15.3. The lowest BCUT2D eigenvalue weighted by molar-refractivity contribution is -0.384. The van der Waals surface area contributed by atoms with Gasteiger partial charge in [-0.1, -0.05) is 0 Å². The molecule has 7 heteroatoms. The summed E-state index contributed by atoms with van der Waals surface area (Å²) in [7, 11) is 4.02. The summed E-state index contributed by atoms with van der Waals surface area (Å²) >= 11 is 1.44. The van der Waals surface area contributed by atoms with Crippen molar-refractivity contribution in [1.82, 2.24) is 9.80 Å². The van der Waals surface area contributed by atoms with Crippen LogP contribution in [0.1, 0.15) is 26.7 Å². The van der Waals surface area contributed by atoms with Crippen molar-refractivity contribution in [3.8, 4) is 0 Å². The van der Waals surface area contributed by atoms with E-state index in [1.54, 1.807) is 12.1 Å². The van der Waals surface area contributed by atoms with Crippen LogP contribution in [-0.2, 0) is 4.79 Å². The number of hydrogen-bond donors (Lipinski definition) is 0. The lowest BCUT2D eigenvalue weighted by atomic mass is 9.89. The van der Waals surface area contributed by atoms with Crippen molar-refractivity contribution in [2.24, 2.45) is 5.92 Å². The molecule has 1 aliphatic rings. The number of likely N-dealkylation sites (tertiary alicyclic amines) is 1. The topological polar surface area (TPSA) is 66.7 Å². The van der Waals surface area contributed by atoms with E-state index in [-0.39, 0.29) is 22.9 Å². The minimum absolute atomic E-state index is 0.0661. The predicted molar refractivity (Wildman–Crippen MR) is 101 cm³/mol. The summed E-state index contributed by atoms with van der Waals surface area (Å²) in [5.41, 5.74) is 0.0661. The molecule has 0 bridgehead atoms. The summed E-state index contributed by atoms with van der Waals surface area (Å²) in [4.78, 5) is 28.1. The third-order valence-corrected chi connectivity index (χ3v) is 6.21. The third kappa shape index (κ3) is 5.19. The molecule has 0 radical (unpaired) electrons. The Morgan fingerprint density at radius 1 is 1.28 bits per heavy atom. The average molecular weight is 365 g/mol. The van der Waals surface area contributed by atoms with Gasteiger partial charge in [0.25, 0.3) is 5.69 Å². The number of nitro groups is 1. The summed E-state index contributed by atoms with van der Waals surface area (Å²) in [5, 5.41) is 10.5. The Bertz CT molecular complexity index is 600. The van der Waals surface area contributed by atoms with Crippen LogP contribution in [0.15, 0.2) is 29.2 Å². The van der Waals surface area contributed by atoms with Gasteiger partial charge in [-0.2, -0.15) is 0 Å². The van der Waals surface area contributed by atoms with Gasteiger partial charge in [0.2, 0.25) is 5.91 Å². The van der Waals surface area contributed by atoms with Crippen molar-refractivity contribution < 1.29 is 9.72 Å². The van der Waals surface area contributed by atoms with Gasteiger partial charge in [0, 0.05) is 30.1 Å². The Hall–Kier alpha value is -1.60. The van der Waals surface area contributed by atoms with Crippen LogP contribution < -0.4 is 0 Å². The Balaban J connectivity index is 1.92. The molecule has 1 amide bonds. The lowest BCUT2D eigenvalue weighted by Crippen LogP contribution is -2.46. The number of nitrogens with zero attached hydrogens (tertiary/aromatic N) is 3. The summed E-state index contributed by atoms with van der Waals surface area (Å²) < 4.78 is 0. The normalized spacial score (nSPS) is 18.6. The first-order chi connectivity index (χ1) is 11.8. The highest BCUT2D eigenvalue weighted by Gasteiger charge is 2.29. The number of amides is 1. The Kier molecular flexibility index (Phi) is 6.84. The van der Waals surface area contributed by atoms with Crippen LogP contribution in [0.4, 0.5) is 5.69 Å². The van der Waals surface area contributed by atoms with Gasteiger partial charge in [-0.15, -0.1) is 11.8 Å². The zero-order valence-corrected chi connectivity index (χ0v) is 16.2. The zero-order chi connectivity index (χ0) is 18.6. The van der Waals surface area contributed by atoms with E-state index in [4.69, 9.17) is 0 Å². The van der Waals surface area contributed by atoms with Crippen molar-refractivity contribution in [1.29, 1.82) is 0 Å². The molecule has 2 rings (SSSR count). The molecule has 25 heavy (non-hydrogen) atoms. The van der Waals surface area contributed by atoms with Crippen molar-refractivity contribution in [2.45, 2.75) is 42.9 Å². The van der Waals surface area contributed by atoms with Gasteiger partial charge < -0.3 is 9.80 Å². The minimum Gasteiger partial charge on any atom is -0.342 e. The number of piperidine rings is 1. The Morgan fingerprint density at radius 2 is 1.84 bits per heavy atom. The van der Waals surface area contributed by atoms with E-state index < -0.39 is 4.92 Å². The first kappa shape index (κ1) is 19.7. The largest absolute Gasteiger partial charge is 0.342 e. The highest BCUT2D eigenvalue weighted by molar-refractivity contribution is 8.00. The monoisotopic (exact) mass is 365 g/mol. The highest BCUT2D eigenvalue weighted by atomic mass is 32.2. The van der Waals surface area contributed by atoms with E-state index in [0.717, 1.165) is 30.8 Å². The highest BCUT2D eigenvalue weighted by Crippen LogP contribution is 2.28. The molecular weight excluding hydrogens is 338 g/mol. The standard InChI is InChI=1S/C18H27N3O3S/c1-13(15-9-11-19(3)12-10-15)20(4)18(22)14(2)25-17-7-5-16(6-8-17)21(23)24/h5-8,13-15H,9-12H2,1-4H3/t13-,14+/m1/s1. The number of thioether (sulfide) groups is 1. The molecule has 1 aromatic rings. The van der Waals surface area contributed by atoms with Crippen molar-refractivity contribution in [3.63, 3.8) is 0 Å². The van der Waals surface area contributed by atoms with E-state index in [1.165, 1.54) is 23.9 Å². The van der Waals surface area contributed by atoms with Gasteiger partial charge in [-0.25, -0.2) is 0 Å². The minimum atomic E-state index is -0.417. The van der Waals surface area contributed by atoms with Crippen molar-refractivity contribution >= 4 is 23.4 Å². The van der Waals surface area contributed by atoms with E-state index in [0.29, 0.717) is 5.92 Å². The van der Waals surface area contributed by atoms with Crippen LogP contribution in [0.2, 0.25) is 0 Å². The van der Waals surface area contributed by atoms with E-state index in [2.05, 4.69) is 18.9 Å². The van der Waals surface area contributed by atoms with Crippen LogP contribution in [0.3, 0.4) is 0 Å². The van der Waals surface area contributed by atoms with Crippen LogP contribution in [-0.4, -0.2) is 59.1 Å². The van der Waals surface area contributed by atoms with Gasteiger partial charge in [0.15, 0.2) is 0 Å². The average Bonchev–Trinajstić information content (AvgIpc) is 2.60. The number of benzene rings is 1. The molecular formula is C18H27N3O3S. The van der Waals surface area contributed by atoms with Gasteiger partial charge in [0.05, 0.1) is 10.2 Å². The fraction of sp³-hybridized carbons (Fsp3) is 0.611. The lowest BCUT2D eigenvalue weighted by Gasteiger charge is -2.37. The number of carbonyl (C=O) groups is 1. The quantitative estimate of drug-likeness (QED) is 0.440. The molecule has 0 aromatic heterocycles. The molecule has 1 heterocycles. The fourth-order valence-corrected chi connectivity index (χ4v) is 4.18. The smallest absolute Gasteiger partial charge is 0.269 e. The molecule has 1 aliphatic heterocycles. The van der Waals surface area contributed by atoms with Crippen LogP contribution in [0, 0.1) is 16.0 Å². The second kappa shape index (κ2) is 8.67. The molecule has 2 atom stereocenters. The molecule has 0 N–H and O–H groups in total. The van der Waals surface area contributed by atoms with Gasteiger partial charge in [0.1, 0.15) is 0 Å². The molecule has 0 saturated carbocycles. The first-order valence-electron chi connectivity index (χ1n) is 8.66. The second-order valence-electron chi connectivity index (χ2n) is 6.84. The number of carbonyl (C=O) groups excluding carboxylic acids is 1. The molecule has 138 valence electrons. The second-order valence-corrected chi connectivity index (χ2v) is 8.26. The predicted octanol–water partition coefficient (Wildman–Crippen LogP) is 3.26. The number of rotatable bonds is 6. The number of non-ortho nitro benzene ring substituents is 1. The SMILES string of the molecule is C[C@H](Sc1ccc([N+](=O)[O-])cc1)C(=O)N(C)[C@H](C)C1CCN(C)CC1. The molecule has 6 nitrogen and oxygen atoms in total. The molecule has 1 aromatic carbocycles. The number of hydrogen-bond acceptors (Lipinski definition) is 5. The van der Waals surface area contributed by atoms with Gasteiger partial charge >= 0.3 is 0 Å². The van der Waals surface area contributed by atoms with Crippen molar-refractivity contribution in [3.05, 3.63) is 34.4 Å². The summed E-state index contributed by atoms with van der Waals surface area (Å²) in [6.45, 7) is 6.21. The summed E-state index contributed by atoms with van der Waals surface area (Å²) in [6.07, 6.45) is 2.25.